The molecule has 7 heteroatoms. The highest BCUT2D eigenvalue weighted by atomic mass is 35.5. The molecule has 6 nitrogen and oxygen atoms in total. The van der Waals surface area contributed by atoms with E-state index in [0.717, 1.165) is 50.3 Å². The van der Waals surface area contributed by atoms with Crippen molar-refractivity contribution in [3.63, 3.8) is 0 Å². The van der Waals surface area contributed by atoms with Crippen molar-refractivity contribution in [1.82, 2.24) is 14.7 Å². The SMILES string of the molecule is O=C(CCN1C(=O)[C@H]2CCCC[C@H]2C1=O)N1CCN(Cc2cccc(Cl)c2)CC1. The summed E-state index contributed by atoms with van der Waals surface area (Å²) in [7, 11) is 0. The first-order valence-electron chi connectivity index (χ1n) is 10.6. The van der Waals surface area contributed by atoms with Crippen LogP contribution >= 0.6 is 11.6 Å². The molecule has 2 heterocycles. The summed E-state index contributed by atoms with van der Waals surface area (Å²) in [4.78, 5) is 43.2. The van der Waals surface area contributed by atoms with Crippen molar-refractivity contribution in [3.8, 4) is 0 Å². The van der Waals surface area contributed by atoms with Gasteiger partial charge in [-0.15, -0.1) is 0 Å². The van der Waals surface area contributed by atoms with E-state index >= 15 is 0 Å². The van der Waals surface area contributed by atoms with E-state index < -0.39 is 0 Å². The average molecular weight is 418 g/mol. The molecule has 0 bridgehead atoms. The fourth-order valence-electron chi connectivity index (χ4n) is 4.87. The molecule has 0 N–H and O–H groups in total. The van der Waals surface area contributed by atoms with Gasteiger partial charge in [0.15, 0.2) is 0 Å². The molecule has 3 fully saturated rings. The molecule has 0 spiro atoms. The lowest BCUT2D eigenvalue weighted by Gasteiger charge is -2.35. The number of benzene rings is 1. The molecule has 0 radical (unpaired) electrons. The molecule has 29 heavy (non-hydrogen) atoms. The lowest BCUT2D eigenvalue weighted by atomic mass is 9.81. The van der Waals surface area contributed by atoms with Crippen LogP contribution in [0.2, 0.25) is 5.02 Å². The van der Waals surface area contributed by atoms with E-state index in [2.05, 4.69) is 11.0 Å². The molecule has 1 aromatic carbocycles. The van der Waals surface area contributed by atoms with Crippen molar-refractivity contribution in [1.29, 1.82) is 0 Å². The lowest BCUT2D eigenvalue weighted by Crippen LogP contribution is -2.49. The van der Waals surface area contributed by atoms with Crippen LogP contribution in [0.25, 0.3) is 0 Å². The zero-order valence-corrected chi connectivity index (χ0v) is 17.4. The van der Waals surface area contributed by atoms with E-state index in [0.29, 0.717) is 13.1 Å². The van der Waals surface area contributed by atoms with Crippen molar-refractivity contribution >= 4 is 29.3 Å². The lowest BCUT2D eigenvalue weighted by molar-refractivity contribution is -0.141. The van der Waals surface area contributed by atoms with E-state index in [1.54, 1.807) is 0 Å². The predicted molar refractivity (Wildman–Crippen MR) is 110 cm³/mol. The zero-order chi connectivity index (χ0) is 20.4. The maximum atomic E-state index is 12.6. The van der Waals surface area contributed by atoms with E-state index in [9.17, 15) is 14.4 Å². The van der Waals surface area contributed by atoms with Gasteiger partial charge >= 0.3 is 0 Å². The Balaban J connectivity index is 1.24. The summed E-state index contributed by atoms with van der Waals surface area (Å²) in [6, 6.07) is 7.85. The highest BCUT2D eigenvalue weighted by Gasteiger charge is 2.47. The van der Waals surface area contributed by atoms with Gasteiger partial charge in [-0.05, 0) is 30.5 Å². The number of carbonyl (C=O) groups is 3. The quantitative estimate of drug-likeness (QED) is 0.691. The summed E-state index contributed by atoms with van der Waals surface area (Å²) in [6.45, 7) is 4.02. The summed E-state index contributed by atoms with van der Waals surface area (Å²) < 4.78 is 0. The van der Waals surface area contributed by atoms with Crippen LogP contribution in [-0.4, -0.2) is 65.1 Å². The molecule has 2 atom stereocenters. The maximum absolute atomic E-state index is 12.6. The van der Waals surface area contributed by atoms with Gasteiger partial charge in [-0.1, -0.05) is 36.6 Å². The number of piperazine rings is 1. The molecule has 1 saturated carbocycles. The highest BCUT2D eigenvalue weighted by Crippen LogP contribution is 2.38. The third kappa shape index (κ3) is 4.48. The number of imide groups is 1. The molecule has 0 unspecified atom stereocenters. The molecule has 3 amide bonds. The molecule has 4 rings (SSSR count). The molecule has 3 aliphatic rings. The Kier molecular flexibility index (Phi) is 6.20. The molecule has 2 saturated heterocycles. The topological polar surface area (TPSA) is 60.9 Å². The fourth-order valence-corrected chi connectivity index (χ4v) is 5.08. The van der Waals surface area contributed by atoms with Crippen LogP contribution in [0.4, 0.5) is 0 Å². The number of amides is 3. The average Bonchev–Trinajstić information content (AvgIpc) is 2.97. The van der Waals surface area contributed by atoms with Crippen molar-refractivity contribution in [2.75, 3.05) is 32.7 Å². The number of fused-ring (bicyclic) bond motifs is 1. The first kappa shape index (κ1) is 20.4. The molecule has 156 valence electrons. The smallest absolute Gasteiger partial charge is 0.233 e. The monoisotopic (exact) mass is 417 g/mol. The molecular formula is C22H28ClN3O3. The van der Waals surface area contributed by atoms with Crippen LogP contribution < -0.4 is 0 Å². The normalized spacial score (nSPS) is 25.4. The Morgan fingerprint density at radius 1 is 1.00 bits per heavy atom. The number of carbonyl (C=O) groups excluding carboxylic acids is 3. The Morgan fingerprint density at radius 2 is 1.66 bits per heavy atom. The summed E-state index contributed by atoms with van der Waals surface area (Å²) in [5.74, 6) is -0.358. The first-order chi connectivity index (χ1) is 14.0. The number of halogens is 1. The number of hydrogen-bond donors (Lipinski definition) is 0. The van der Waals surface area contributed by atoms with Gasteiger partial charge in [0.1, 0.15) is 0 Å². The fraction of sp³-hybridized carbons (Fsp3) is 0.591. The van der Waals surface area contributed by atoms with Crippen LogP contribution in [0.15, 0.2) is 24.3 Å². The van der Waals surface area contributed by atoms with Gasteiger partial charge in [0.05, 0.1) is 11.8 Å². The van der Waals surface area contributed by atoms with E-state index in [1.165, 1.54) is 10.5 Å². The Bertz CT molecular complexity index is 767. The van der Waals surface area contributed by atoms with Crippen LogP contribution in [0.5, 0.6) is 0 Å². The first-order valence-corrected chi connectivity index (χ1v) is 11.0. The molecule has 1 aliphatic carbocycles. The van der Waals surface area contributed by atoms with Gasteiger partial charge in [0, 0.05) is 50.7 Å². The standard InChI is InChI=1S/C22H28ClN3O3/c23-17-5-3-4-16(14-17)15-24-10-12-25(13-11-24)20(27)8-9-26-21(28)18-6-1-2-7-19(18)22(26)29/h3-5,14,18-19H,1-2,6-13,15H2/t18-,19+. The van der Waals surface area contributed by atoms with Gasteiger partial charge in [-0.2, -0.15) is 0 Å². The summed E-state index contributed by atoms with van der Waals surface area (Å²) >= 11 is 6.05. The van der Waals surface area contributed by atoms with Crippen molar-refractivity contribution in [2.45, 2.75) is 38.6 Å². The third-order valence-electron chi connectivity index (χ3n) is 6.50. The van der Waals surface area contributed by atoms with Crippen molar-refractivity contribution in [2.24, 2.45) is 11.8 Å². The van der Waals surface area contributed by atoms with E-state index in [4.69, 9.17) is 11.6 Å². The number of rotatable bonds is 5. The minimum absolute atomic E-state index is 0.0304. The van der Waals surface area contributed by atoms with Gasteiger partial charge in [-0.3, -0.25) is 24.2 Å². The van der Waals surface area contributed by atoms with Gasteiger partial charge in [0.2, 0.25) is 17.7 Å². The minimum atomic E-state index is -0.138. The van der Waals surface area contributed by atoms with E-state index in [1.807, 2.05) is 23.1 Å². The summed E-state index contributed by atoms with van der Waals surface area (Å²) in [6.07, 6.45) is 3.90. The minimum Gasteiger partial charge on any atom is -0.340 e. The Morgan fingerprint density at radius 3 is 2.28 bits per heavy atom. The van der Waals surface area contributed by atoms with Crippen LogP contribution in [0.1, 0.15) is 37.7 Å². The molecular weight excluding hydrogens is 390 g/mol. The molecule has 0 aromatic heterocycles. The second-order valence-corrected chi connectivity index (χ2v) is 8.80. The highest BCUT2D eigenvalue weighted by molar-refractivity contribution is 6.30. The van der Waals surface area contributed by atoms with Gasteiger partial charge < -0.3 is 4.90 Å². The summed E-state index contributed by atoms with van der Waals surface area (Å²) in [5.41, 5.74) is 1.17. The zero-order valence-electron chi connectivity index (χ0n) is 16.7. The number of nitrogens with zero attached hydrogens (tertiary/aromatic N) is 3. The van der Waals surface area contributed by atoms with E-state index in [-0.39, 0.29) is 42.5 Å². The largest absolute Gasteiger partial charge is 0.340 e. The molecule has 2 aliphatic heterocycles. The second-order valence-electron chi connectivity index (χ2n) is 8.36. The maximum Gasteiger partial charge on any atom is 0.233 e. The van der Waals surface area contributed by atoms with Crippen LogP contribution in [0.3, 0.4) is 0 Å². The van der Waals surface area contributed by atoms with Crippen molar-refractivity contribution in [3.05, 3.63) is 34.9 Å². The van der Waals surface area contributed by atoms with Gasteiger partial charge in [-0.25, -0.2) is 0 Å². The van der Waals surface area contributed by atoms with Crippen LogP contribution in [0, 0.1) is 11.8 Å². The second kappa shape index (κ2) is 8.84. The van der Waals surface area contributed by atoms with Crippen molar-refractivity contribution < 1.29 is 14.4 Å². The molecule has 1 aromatic rings. The predicted octanol–water partition coefficient (Wildman–Crippen LogP) is 2.55. The van der Waals surface area contributed by atoms with Gasteiger partial charge in [0.25, 0.3) is 0 Å². The Labute approximate surface area is 176 Å². The third-order valence-corrected chi connectivity index (χ3v) is 6.74. The Hall–Kier alpha value is -1.92. The number of hydrogen-bond acceptors (Lipinski definition) is 4. The van der Waals surface area contributed by atoms with Crippen LogP contribution in [-0.2, 0) is 20.9 Å². The summed E-state index contributed by atoms with van der Waals surface area (Å²) in [5, 5.41) is 0.738. The number of likely N-dealkylation sites (tertiary alicyclic amines) is 1.